The van der Waals surface area contributed by atoms with E-state index in [1.54, 1.807) is 19.1 Å². The van der Waals surface area contributed by atoms with Crippen molar-refractivity contribution in [3.8, 4) is 11.5 Å². The van der Waals surface area contributed by atoms with Crippen LogP contribution >= 0.6 is 0 Å². The third-order valence-corrected chi connectivity index (χ3v) is 5.43. The molecule has 26 heavy (non-hydrogen) atoms. The van der Waals surface area contributed by atoms with Gasteiger partial charge in [-0.15, -0.1) is 0 Å². The molecule has 0 radical (unpaired) electrons. The van der Waals surface area contributed by atoms with Crippen molar-refractivity contribution in [2.75, 3.05) is 33.9 Å². The molecule has 0 atom stereocenters. The number of nitrogens with zero attached hydrogens (tertiary/aromatic N) is 1. The summed E-state index contributed by atoms with van der Waals surface area (Å²) in [6.45, 7) is 6.78. The molecule has 1 aliphatic carbocycles. The van der Waals surface area contributed by atoms with Crippen molar-refractivity contribution < 1.29 is 24.1 Å². The fourth-order valence-electron chi connectivity index (χ4n) is 4.51. The number of aliphatic hydroxyl groups is 1. The predicted octanol–water partition coefficient (Wildman–Crippen LogP) is 2.96. The second-order valence-electron chi connectivity index (χ2n) is 8.70. The van der Waals surface area contributed by atoms with Crippen molar-refractivity contribution in [3.05, 3.63) is 23.8 Å². The summed E-state index contributed by atoms with van der Waals surface area (Å²) in [5.74, 6) is 1.36. The lowest BCUT2D eigenvalue weighted by Crippen LogP contribution is -2.67. The maximum atomic E-state index is 12.6. The Morgan fingerprint density at radius 2 is 1.81 bits per heavy atom. The minimum Gasteiger partial charge on any atom is -0.493 e. The molecule has 3 fully saturated rings. The summed E-state index contributed by atoms with van der Waals surface area (Å²) < 4.78 is 16.3. The Morgan fingerprint density at radius 3 is 2.35 bits per heavy atom. The molecule has 1 aromatic carbocycles. The first kappa shape index (κ1) is 18.8. The number of fused-ring (bicyclic) bond motifs is 2. The number of piperidine rings is 2. The lowest BCUT2D eigenvalue weighted by Gasteiger charge is -2.63. The highest BCUT2D eigenvalue weighted by Gasteiger charge is 2.61. The van der Waals surface area contributed by atoms with Gasteiger partial charge in [-0.2, -0.15) is 0 Å². The molecule has 0 unspecified atom stereocenters. The minimum atomic E-state index is -0.540. The molecule has 6 heteroatoms. The van der Waals surface area contributed by atoms with E-state index >= 15 is 0 Å². The third kappa shape index (κ3) is 3.22. The molecule has 1 N–H and O–H groups in total. The zero-order chi connectivity index (χ0) is 19.2. The smallest absolute Gasteiger partial charge is 0.410 e. The molecule has 1 aromatic rings. The molecule has 2 heterocycles. The molecule has 6 nitrogen and oxygen atoms in total. The summed E-state index contributed by atoms with van der Waals surface area (Å²) >= 11 is 0. The van der Waals surface area contributed by atoms with Crippen LogP contribution < -0.4 is 9.47 Å². The maximum Gasteiger partial charge on any atom is 0.410 e. The number of carbonyl (C=O) groups excluding carboxylic acids is 1. The molecule has 2 aliphatic heterocycles. The molecule has 2 bridgehead atoms. The normalized spacial score (nSPS) is 27.5. The topological polar surface area (TPSA) is 68.2 Å². The summed E-state index contributed by atoms with van der Waals surface area (Å²) in [4.78, 5) is 14.4. The Morgan fingerprint density at radius 1 is 1.15 bits per heavy atom. The molecule has 1 saturated carbocycles. The van der Waals surface area contributed by atoms with E-state index in [4.69, 9.17) is 14.2 Å². The number of methoxy groups -OCH3 is 2. The van der Waals surface area contributed by atoms with Crippen molar-refractivity contribution in [3.63, 3.8) is 0 Å². The number of benzene rings is 1. The third-order valence-electron chi connectivity index (χ3n) is 5.43. The van der Waals surface area contributed by atoms with Gasteiger partial charge >= 0.3 is 6.09 Å². The van der Waals surface area contributed by atoms with Gasteiger partial charge in [0.1, 0.15) is 5.60 Å². The van der Waals surface area contributed by atoms with Crippen LogP contribution in [0.3, 0.4) is 0 Å². The molecule has 3 aliphatic rings. The summed E-state index contributed by atoms with van der Waals surface area (Å²) in [7, 11) is 3.23. The van der Waals surface area contributed by atoms with E-state index in [2.05, 4.69) is 0 Å². The maximum absolute atomic E-state index is 12.6. The molecular formula is C20H29NO5. The van der Waals surface area contributed by atoms with Crippen LogP contribution in [0.4, 0.5) is 4.79 Å². The van der Waals surface area contributed by atoms with Gasteiger partial charge in [-0.05, 0) is 51.3 Å². The molecule has 4 rings (SSSR count). The van der Waals surface area contributed by atoms with Crippen molar-refractivity contribution >= 4 is 6.09 Å². The second kappa shape index (κ2) is 6.34. The van der Waals surface area contributed by atoms with Crippen LogP contribution in [0.25, 0.3) is 0 Å². The van der Waals surface area contributed by atoms with Crippen molar-refractivity contribution in [1.29, 1.82) is 0 Å². The minimum absolute atomic E-state index is 0.0708. The van der Waals surface area contributed by atoms with Crippen LogP contribution in [-0.2, 0) is 10.2 Å². The van der Waals surface area contributed by atoms with Crippen LogP contribution in [0.2, 0.25) is 0 Å². The van der Waals surface area contributed by atoms with E-state index < -0.39 is 5.60 Å². The van der Waals surface area contributed by atoms with Gasteiger partial charge in [0, 0.05) is 23.9 Å². The molecule has 0 aromatic heterocycles. The van der Waals surface area contributed by atoms with E-state index in [1.165, 1.54) is 0 Å². The van der Waals surface area contributed by atoms with E-state index in [1.807, 2.05) is 39.0 Å². The average Bonchev–Trinajstić information content (AvgIpc) is 2.58. The van der Waals surface area contributed by atoms with Crippen molar-refractivity contribution in [2.45, 2.75) is 44.6 Å². The molecule has 2 saturated heterocycles. The summed E-state index contributed by atoms with van der Waals surface area (Å²) in [5, 5.41) is 9.94. The van der Waals surface area contributed by atoms with E-state index in [0.29, 0.717) is 24.6 Å². The van der Waals surface area contributed by atoms with Gasteiger partial charge in [0.2, 0.25) is 0 Å². The average molecular weight is 363 g/mol. The highest BCUT2D eigenvalue weighted by molar-refractivity contribution is 5.69. The number of rotatable bonds is 4. The summed E-state index contributed by atoms with van der Waals surface area (Å²) in [6.07, 6.45) is 1.39. The largest absolute Gasteiger partial charge is 0.493 e. The highest BCUT2D eigenvalue weighted by Crippen LogP contribution is 2.60. The zero-order valence-corrected chi connectivity index (χ0v) is 16.3. The number of carbonyl (C=O) groups is 1. The van der Waals surface area contributed by atoms with E-state index in [9.17, 15) is 9.90 Å². The Kier molecular flexibility index (Phi) is 4.59. The fourth-order valence-corrected chi connectivity index (χ4v) is 4.51. The van der Waals surface area contributed by atoms with Crippen LogP contribution in [0.5, 0.6) is 11.5 Å². The first-order chi connectivity index (χ1) is 12.2. The number of aliphatic hydroxyl groups excluding tert-OH is 1. The van der Waals surface area contributed by atoms with Crippen LogP contribution in [0, 0.1) is 5.41 Å². The lowest BCUT2D eigenvalue weighted by atomic mass is 9.48. The van der Waals surface area contributed by atoms with E-state index in [-0.39, 0.29) is 23.5 Å². The first-order valence-corrected chi connectivity index (χ1v) is 8.97. The number of hydrogen-bond acceptors (Lipinski definition) is 5. The molecule has 1 amide bonds. The van der Waals surface area contributed by atoms with E-state index in [0.717, 1.165) is 18.4 Å². The molecule has 144 valence electrons. The molecule has 0 spiro atoms. The Hall–Kier alpha value is -1.95. The monoisotopic (exact) mass is 363 g/mol. The number of ether oxygens (including phenoxy) is 3. The van der Waals surface area contributed by atoms with Crippen LogP contribution in [0.1, 0.15) is 39.2 Å². The van der Waals surface area contributed by atoms with Gasteiger partial charge in [-0.3, -0.25) is 0 Å². The first-order valence-electron chi connectivity index (χ1n) is 8.97. The van der Waals surface area contributed by atoms with Gasteiger partial charge in [0.25, 0.3) is 0 Å². The van der Waals surface area contributed by atoms with Crippen LogP contribution in [-0.4, -0.2) is 55.6 Å². The second-order valence-corrected chi connectivity index (χ2v) is 8.70. The number of amides is 1. The standard InChI is InChI=1S/C20H29NO5/c1-18(2,3)26-17(23)21-11-19(13-22)9-20(10-19,12-21)14-6-7-15(24-4)16(8-14)25-5/h6-8,22H,9-13H2,1-5H3. The SMILES string of the molecule is COc1ccc(C23CN(C(=O)OC(C)(C)C)CC(CO)(C2)C3)cc1OC. The summed E-state index contributed by atoms with van der Waals surface area (Å²) in [6, 6.07) is 5.91. The fraction of sp³-hybridized carbons (Fsp3) is 0.650. The Labute approximate surface area is 155 Å². The van der Waals surface area contributed by atoms with Gasteiger partial charge in [0.05, 0.1) is 20.8 Å². The predicted molar refractivity (Wildman–Crippen MR) is 97.8 cm³/mol. The van der Waals surface area contributed by atoms with Gasteiger partial charge < -0.3 is 24.2 Å². The van der Waals surface area contributed by atoms with Crippen molar-refractivity contribution in [1.82, 2.24) is 4.90 Å². The Bertz CT molecular complexity index is 688. The van der Waals surface area contributed by atoms with Gasteiger partial charge in [-0.1, -0.05) is 6.07 Å². The quantitative estimate of drug-likeness (QED) is 0.891. The Balaban J connectivity index is 1.89. The summed E-state index contributed by atoms with van der Waals surface area (Å²) in [5.41, 5.74) is 0.133. The lowest BCUT2D eigenvalue weighted by molar-refractivity contribution is -0.112. The van der Waals surface area contributed by atoms with Crippen LogP contribution in [0.15, 0.2) is 18.2 Å². The zero-order valence-electron chi connectivity index (χ0n) is 16.3. The van der Waals surface area contributed by atoms with Gasteiger partial charge in [-0.25, -0.2) is 4.79 Å². The number of hydrogen-bond donors (Lipinski definition) is 1. The van der Waals surface area contributed by atoms with Crippen molar-refractivity contribution in [2.24, 2.45) is 5.41 Å². The molecular weight excluding hydrogens is 334 g/mol. The highest BCUT2D eigenvalue weighted by atomic mass is 16.6. The van der Waals surface area contributed by atoms with Gasteiger partial charge in [0.15, 0.2) is 11.5 Å².